The Balaban J connectivity index is 2.65. The molecule has 2 rings (SSSR count). The third kappa shape index (κ3) is 1.75. The zero-order valence-corrected chi connectivity index (χ0v) is 8.09. The molecule has 0 amide bonds. The summed E-state index contributed by atoms with van der Waals surface area (Å²) in [5, 5.41) is 8.95. The maximum Gasteiger partial charge on any atom is 0.336 e. The number of hydrogen-bond donors (Lipinski definition) is 1. The molecule has 0 unspecified atom stereocenters. The first-order valence-corrected chi connectivity index (χ1v) is 4.47. The van der Waals surface area contributed by atoms with E-state index >= 15 is 0 Å². The van der Waals surface area contributed by atoms with Crippen LogP contribution < -0.4 is 0 Å². The number of aromatic nitrogens is 2. The summed E-state index contributed by atoms with van der Waals surface area (Å²) in [6.45, 7) is 0. The van der Waals surface area contributed by atoms with Crippen molar-refractivity contribution in [2.75, 3.05) is 0 Å². The van der Waals surface area contributed by atoms with Gasteiger partial charge in [0.05, 0.1) is 11.8 Å². The van der Waals surface area contributed by atoms with Crippen LogP contribution in [0.4, 0.5) is 4.39 Å². The molecule has 4 nitrogen and oxygen atoms in total. The second-order valence-electron chi connectivity index (χ2n) is 3.08. The fourth-order valence-corrected chi connectivity index (χ4v) is 1.39. The molecule has 16 heavy (non-hydrogen) atoms. The Kier molecular flexibility index (Phi) is 2.59. The highest BCUT2D eigenvalue weighted by Crippen LogP contribution is 2.24. The van der Waals surface area contributed by atoms with E-state index in [-0.39, 0.29) is 16.7 Å². The first kappa shape index (κ1) is 10.2. The van der Waals surface area contributed by atoms with Crippen molar-refractivity contribution in [2.24, 2.45) is 0 Å². The zero-order valence-electron chi connectivity index (χ0n) is 8.09. The summed E-state index contributed by atoms with van der Waals surface area (Å²) in [5.74, 6) is -1.69. The highest BCUT2D eigenvalue weighted by atomic mass is 19.1. The molecule has 2 aromatic rings. The molecule has 1 N–H and O–H groups in total. The maximum atomic E-state index is 13.4. The van der Waals surface area contributed by atoms with Crippen molar-refractivity contribution in [1.29, 1.82) is 0 Å². The molecule has 0 aliphatic rings. The second-order valence-corrected chi connectivity index (χ2v) is 3.08. The summed E-state index contributed by atoms with van der Waals surface area (Å²) in [7, 11) is 0. The van der Waals surface area contributed by atoms with Crippen LogP contribution in [0.2, 0.25) is 0 Å². The van der Waals surface area contributed by atoms with Crippen molar-refractivity contribution in [3.63, 3.8) is 0 Å². The topological polar surface area (TPSA) is 63.1 Å². The minimum absolute atomic E-state index is 0.0140. The van der Waals surface area contributed by atoms with Crippen molar-refractivity contribution in [3.05, 3.63) is 48.3 Å². The number of carboxylic acids is 1. The molecule has 0 radical (unpaired) electrons. The van der Waals surface area contributed by atoms with Crippen molar-refractivity contribution >= 4 is 5.97 Å². The second kappa shape index (κ2) is 4.06. The van der Waals surface area contributed by atoms with Gasteiger partial charge < -0.3 is 5.11 Å². The van der Waals surface area contributed by atoms with Gasteiger partial charge in [0.2, 0.25) is 0 Å². The molecule has 0 aliphatic carbocycles. The van der Waals surface area contributed by atoms with Crippen LogP contribution in [0.15, 0.2) is 36.9 Å². The summed E-state index contributed by atoms with van der Waals surface area (Å²) in [6, 6.07) is 2.75. The van der Waals surface area contributed by atoms with Gasteiger partial charge in [-0.3, -0.25) is 9.97 Å². The number of halogens is 1. The van der Waals surface area contributed by atoms with Crippen LogP contribution in [0.5, 0.6) is 0 Å². The molecule has 0 spiro atoms. The maximum absolute atomic E-state index is 13.4. The molecule has 0 aromatic carbocycles. The fraction of sp³-hybridized carbons (Fsp3) is 0. The summed E-state index contributed by atoms with van der Waals surface area (Å²) < 4.78 is 13.4. The van der Waals surface area contributed by atoms with Gasteiger partial charge in [-0.05, 0) is 12.1 Å². The van der Waals surface area contributed by atoms with Gasteiger partial charge >= 0.3 is 5.97 Å². The number of hydrogen-bond acceptors (Lipinski definition) is 3. The van der Waals surface area contributed by atoms with E-state index in [1.54, 1.807) is 0 Å². The number of nitrogens with zero attached hydrogens (tertiary/aromatic N) is 2. The number of pyridine rings is 2. The SMILES string of the molecule is O=C(O)c1ccncc1-c1ccncc1F. The van der Waals surface area contributed by atoms with Crippen molar-refractivity contribution in [2.45, 2.75) is 0 Å². The van der Waals surface area contributed by atoms with E-state index in [4.69, 9.17) is 5.11 Å². The van der Waals surface area contributed by atoms with E-state index in [0.717, 1.165) is 6.20 Å². The Hall–Kier alpha value is -2.30. The minimum Gasteiger partial charge on any atom is -0.478 e. The van der Waals surface area contributed by atoms with Gasteiger partial charge in [-0.2, -0.15) is 0 Å². The van der Waals surface area contributed by atoms with E-state index in [0.29, 0.717) is 0 Å². The van der Waals surface area contributed by atoms with Crippen LogP contribution in [0, 0.1) is 5.82 Å². The van der Waals surface area contributed by atoms with Crippen molar-refractivity contribution < 1.29 is 14.3 Å². The van der Waals surface area contributed by atoms with E-state index < -0.39 is 11.8 Å². The van der Waals surface area contributed by atoms with E-state index in [1.807, 2.05) is 0 Å². The van der Waals surface area contributed by atoms with Gasteiger partial charge in [-0.15, -0.1) is 0 Å². The van der Waals surface area contributed by atoms with Crippen molar-refractivity contribution in [1.82, 2.24) is 9.97 Å². The monoisotopic (exact) mass is 218 g/mol. The quantitative estimate of drug-likeness (QED) is 0.837. The van der Waals surface area contributed by atoms with Gasteiger partial charge in [0.25, 0.3) is 0 Å². The molecule has 0 bridgehead atoms. The van der Waals surface area contributed by atoms with Gasteiger partial charge in [0.15, 0.2) is 0 Å². The first-order chi connectivity index (χ1) is 7.70. The van der Waals surface area contributed by atoms with Crippen molar-refractivity contribution in [3.8, 4) is 11.1 Å². The summed E-state index contributed by atoms with van der Waals surface area (Å²) in [5.41, 5.74) is 0.440. The summed E-state index contributed by atoms with van der Waals surface area (Å²) in [4.78, 5) is 18.3. The molecule has 0 atom stereocenters. The number of aromatic carboxylic acids is 1. The lowest BCUT2D eigenvalue weighted by atomic mass is 10.0. The highest BCUT2D eigenvalue weighted by Gasteiger charge is 2.14. The highest BCUT2D eigenvalue weighted by molar-refractivity contribution is 5.95. The molecule has 5 heteroatoms. The number of rotatable bonds is 2. The lowest BCUT2D eigenvalue weighted by Crippen LogP contribution is -2.01. The molecule has 0 aliphatic heterocycles. The predicted octanol–water partition coefficient (Wildman–Crippen LogP) is 1.98. The lowest BCUT2D eigenvalue weighted by Gasteiger charge is -2.05. The average molecular weight is 218 g/mol. The standard InChI is InChI=1S/C11H7FN2O2/c12-10-6-14-3-1-7(10)9-5-13-4-2-8(9)11(15)16/h1-6H,(H,15,16). The number of carboxylic acid groups (broad SMARTS) is 1. The third-order valence-electron chi connectivity index (χ3n) is 2.11. The van der Waals surface area contributed by atoms with Gasteiger partial charge in [0, 0.05) is 29.7 Å². The van der Waals surface area contributed by atoms with E-state index in [2.05, 4.69) is 9.97 Å². The molecular formula is C11H7FN2O2. The van der Waals surface area contributed by atoms with E-state index in [1.165, 1.54) is 30.7 Å². The molecule has 2 heterocycles. The van der Waals surface area contributed by atoms with Gasteiger partial charge in [0.1, 0.15) is 5.82 Å². The minimum atomic E-state index is -1.12. The summed E-state index contributed by atoms with van der Waals surface area (Å²) in [6.07, 6.45) is 5.11. The van der Waals surface area contributed by atoms with Gasteiger partial charge in [-0.1, -0.05) is 0 Å². The van der Waals surface area contributed by atoms with E-state index in [9.17, 15) is 9.18 Å². The van der Waals surface area contributed by atoms with Crippen LogP contribution in [0.25, 0.3) is 11.1 Å². The predicted molar refractivity (Wildman–Crippen MR) is 54.4 cm³/mol. The Labute approximate surface area is 90.4 Å². The Morgan fingerprint density at radius 2 is 1.81 bits per heavy atom. The zero-order chi connectivity index (χ0) is 11.5. The normalized spacial score (nSPS) is 10.1. The van der Waals surface area contributed by atoms with Crippen LogP contribution >= 0.6 is 0 Å². The Bertz CT molecular complexity index is 543. The van der Waals surface area contributed by atoms with Crippen LogP contribution in [-0.2, 0) is 0 Å². The summed E-state index contributed by atoms with van der Waals surface area (Å²) >= 11 is 0. The van der Waals surface area contributed by atoms with Crippen LogP contribution in [0.1, 0.15) is 10.4 Å². The average Bonchev–Trinajstić information content (AvgIpc) is 2.29. The van der Waals surface area contributed by atoms with Crippen LogP contribution in [-0.4, -0.2) is 21.0 Å². The molecule has 0 saturated carbocycles. The Morgan fingerprint density at radius 3 is 2.50 bits per heavy atom. The fourth-order valence-electron chi connectivity index (χ4n) is 1.39. The number of carbonyl (C=O) groups is 1. The van der Waals surface area contributed by atoms with Crippen LogP contribution in [0.3, 0.4) is 0 Å². The third-order valence-corrected chi connectivity index (χ3v) is 2.11. The Morgan fingerprint density at radius 1 is 1.12 bits per heavy atom. The van der Waals surface area contributed by atoms with Gasteiger partial charge in [-0.25, -0.2) is 9.18 Å². The lowest BCUT2D eigenvalue weighted by molar-refractivity contribution is 0.0697. The molecule has 0 fully saturated rings. The molecular weight excluding hydrogens is 211 g/mol. The molecule has 80 valence electrons. The first-order valence-electron chi connectivity index (χ1n) is 4.47. The largest absolute Gasteiger partial charge is 0.478 e. The molecule has 2 aromatic heterocycles. The smallest absolute Gasteiger partial charge is 0.336 e. The molecule has 0 saturated heterocycles.